The van der Waals surface area contributed by atoms with Gasteiger partial charge in [-0.15, -0.1) is 0 Å². The van der Waals surface area contributed by atoms with Crippen LogP contribution in [0, 0.1) is 6.92 Å². The van der Waals surface area contributed by atoms with Crippen molar-refractivity contribution in [3.63, 3.8) is 0 Å². The summed E-state index contributed by atoms with van der Waals surface area (Å²) in [5.74, 6) is 0.636. The molecule has 0 bridgehead atoms. The fraction of sp³-hybridized carbons (Fsp3) is 0.222. The Bertz CT molecular complexity index is 1310. The molecule has 1 aliphatic rings. The Kier molecular flexibility index (Phi) is 5.42. The van der Waals surface area contributed by atoms with E-state index in [0.717, 1.165) is 33.4 Å². The fourth-order valence-corrected chi connectivity index (χ4v) is 4.42. The Labute approximate surface area is 192 Å². The number of fused-ring (bicyclic) bond motifs is 1. The van der Waals surface area contributed by atoms with Crippen LogP contribution in [-0.4, -0.2) is 52.8 Å². The second-order valence-electron chi connectivity index (χ2n) is 8.53. The van der Waals surface area contributed by atoms with Gasteiger partial charge in [-0.25, -0.2) is 0 Å². The van der Waals surface area contributed by atoms with Crippen molar-refractivity contribution in [2.75, 3.05) is 20.1 Å². The minimum Gasteiger partial charge on any atom is -0.461 e. The predicted octanol–water partition coefficient (Wildman–Crippen LogP) is 4.33. The Balaban J connectivity index is 1.40. The molecule has 1 aliphatic heterocycles. The van der Waals surface area contributed by atoms with E-state index in [9.17, 15) is 9.59 Å². The molecular weight excluding hydrogens is 414 g/mol. The molecule has 1 fully saturated rings. The summed E-state index contributed by atoms with van der Waals surface area (Å²) in [5, 5.41) is 0.890. The normalized spacial score (nSPS) is 16.4. The van der Waals surface area contributed by atoms with Crippen LogP contribution < -0.4 is 0 Å². The van der Waals surface area contributed by atoms with Gasteiger partial charge in [-0.05, 0) is 53.9 Å². The van der Waals surface area contributed by atoms with Gasteiger partial charge in [-0.3, -0.25) is 14.6 Å². The summed E-state index contributed by atoms with van der Waals surface area (Å²) in [5.41, 5.74) is 4.44. The van der Waals surface area contributed by atoms with E-state index in [4.69, 9.17) is 4.42 Å². The van der Waals surface area contributed by atoms with Gasteiger partial charge in [0.1, 0.15) is 17.4 Å². The smallest absolute Gasteiger partial charge is 0.254 e. The number of nitrogens with zero attached hydrogens (tertiary/aromatic N) is 3. The lowest BCUT2D eigenvalue weighted by Crippen LogP contribution is -2.58. The molecule has 3 heterocycles. The van der Waals surface area contributed by atoms with Crippen molar-refractivity contribution in [1.29, 1.82) is 0 Å². The molecule has 33 heavy (non-hydrogen) atoms. The maximum atomic E-state index is 13.5. The van der Waals surface area contributed by atoms with Crippen molar-refractivity contribution in [2.24, 2.45) is 0 Å². The SMILES string of the molecule is Cc1cc2cc(C(=O)N3CCN(C)C(=O)[C@@H]3Cc3ccc(-c4cccnc4)cc3)ccc2o1. The van der Waals surface area contributed by atoms with E-state index < -0.39 is 6.04 Å². The molecule has 0 radical (unpaired) electrons. The van der Waals surface area contributed by atoms with E-state index in [1.54, 1.807) is 29.1 Å². The van der Waals surface area contributed by atoms with E-state index in [2.05, 4.69) is 4.98 Å². The quantitative estimate of drug-likeness (QED) is 0.475. The summed E-state index contributed by atoms with van der Waals surface area (Å²) in [6.07, 6.45) is 4.04. The van der Waals surface area contributed by atoms with Crippen LogP contribution in [0.15, 0.2) is 77.5 Å². The molecule has 5 rings (SSSR count). The number of piperazine rings is 1. The van der Waals surface area contributed by atoms with Gasteiger partial charge in [0.05, 0.1) is 0 Å². The Morgan fingerprint density at radius 1 is 1.06 bits per heavy atom. The number of carbonyl (C=O) groups excluding carboxylic acids is 2. The minimum absolute atomic E-state index is 0.0360. The van der Waals surface area contributed by atoms with Gasteiger partial charge < -0.3 is 14.2 Å². The predicted molar refractivity (Wildman–Crippen MR) is 127 cm³/mol. The van der Waals surface area contributed by atoms with Crippen LogP contribution in [0.4, 0.5) is 0 Å². The second kappa shape index (κ2) is 8.54. The van der Waals surface area contributed by atoms with Gasteiger partial charge in [0.15, 0.2) is 0 Å². The highest BCUT2D eigenvalue weighted by Crippen LogP contribution is 2.25. The van der Waals surface area contributed by atoms with Gasteiger partial charge in [0, 0.05) is 49.9 Å². The van der Waals surface area contributed by atoms with Crippen LogP contribution >= 0.6 is 0 Å². The lowest BCUT2D eigenvalue weighted by atomic mass is 9.98. The first kappa shape index (κ1) is 20.9. The molecule has 1 saturated heterocycles. The number of furan rings is 1. The van der Waals surface area contributed by atoms with Crippen molar-refractivity contribution >= 4 is 22.8 Å². The molecule has 0 unspecified atom stereocenters. The molecule has 0 N–H and O–H groups in total. The van der Waals surface area contributed by atoms with E-state index in [1.165, 1.54) is 0 Å². The van der Waals surface area contributed by atoms with Crippen LogP contribution in [0.5, 0.6) is 0 Å². The maximum Gasteiger partial charge on any atom is 0.254 e. The molecular formula is C27H25N3O3. The molecule has 2 aromatic carbocycles. The highest BCUT2D eigenvalue weighted by Gasteiger charge is 2.36. The van der Waals surface area contributed by atoms with Gasteiger partial charge in [-0.1, -0.05) is 30.3 Å². The third-order valence-electron chi connectivity index (χ3n) is 6.24. The largest absolute Gasteiger partial charge is 0.461 e. The zero-order valence-electron chi connectivity index (χ0n) is 18.7. The van der Waals surface area contributed by atoms with Crippen molar-refractivity contribution in [2.45, 2.75) is 19.4 Å². The van der Waals surface area contributed by atoms with Crippen LogP contribution in [0.25, 0.3) is 22.1 Å². The number of carbonyl (C=O) groups is 2. The van der Waals surface area contributed by atoms with Crippen molar-refractivity contribution in [3.8, 4) is 11.1 Å². The van der Waals surface area contributed by atoms with Gasteiger partial charge >= 0.3 is 0 Å². The zero-order valence-corrected chi connectivity index (χ0v) is 18.7. The summed E-state index contributed by atoms with van der Waals surface area (Å²) in [4.78, 5) is 34.1. The monoisotopic (exact) mass is 439 g/mol. The number of benzene rings is 2. The first-order valence-corrected chi connectivity index (χ1v) is 11.0. The lowest BCUT2D eigenvalue weighted by molar-refractivity contribution is -0.138. The fourth-order valence-electron chi connectivity index (χ4n) is 4.42. The molecule has 166 valence electrons. The minimum atomic E-state index is -0.540. The third kappa shape index (κ3) is 4.12. The summed E-state index contributed by atoms with van der Waals surface area (Å²) >= 11 is 0. The van der Waals surface area contributed by atoms with Crippen LogP contribution in [0.2, 0.25) is 0 Å². The number of hydrogen-bond donors (Lipinski definition) is 0. The topological polar surface area (TPSA) is 66.7 Å². The van der Waals surface area contributed by atoms with Gasteiger partial charge in [-0.2, -0.15) is 0 Å². The molecule has 6 nitrogen and oxygen atoms in total. The molecule has 6 heteroatoms. The molecule has 4 aromatic rings. The summed E-state index contributed by atoms with van der Waals surface area (Å²) in [7, 11) is 1.79. The zero-order chi connectivity index (χ0) is 22.9. The Morgan fingerprint density at radius 2 is 1.88 bits per heavy atom. The molecule has 2 amide bonds. The molecule has 2 aromatic heterocycles. The van der Waals surface area contributed by atoms with E-state index >= 15 is 0 Å². The number of pyridine rings is 1. The standard InChI is InChI=1S/C27H25N3O3/c1-18-14-23-16-21(9-10-25(23)33-18)26(31)30-13-12-29(2)27(32)24(30)15-19-5-7-20(8-6-19)22-4-3-11-28-17-22/h3-11,14,16-17,24H,12-13,15H2,1-2H3/t24-/m0/s1. The number of aromatic nitrogens is 1. The van der Waals surface area contributed by atoms with E-state index in [-0.39, 0.29) is 11.8 Å². The molecule has 0 spiro atoms. The van der Waals surface area contributed by atoms with Gasteiger partial charge in [0.25, 0.3) is 5.91 Å². The Hall–Kier alpha value is -3.93. The van der Waals surface area contributed by atoms with Crippen molar-refractivity contribution < 1.29 is 14.0 Å². The van der Waals surface area contributed by atoms with Crippen molar-refractivity contribution in [3.05, 3.63) is 89.9 Å². The number of amides is 2. The molecule has 1 atom stereocenters. The van der Waals surface area contributed by atoms with Crippen molar-refractivity contribution in [1.82, 2.24) is 14.8 Å². The summed E-state index contributed by atoms with van der Waals surface area (Å²) in [6.45, 7) is 2.91. The summed E-state index contributed by atoms with van der Waals surface area (Å²) < 4.78 is 5.63. The number of hydrogen-bond acceptors (Lipinski definition) is 4. The van der Waals surface area contributed by atoms with E-state index in [1.807, 2.05) is 67.7 Å². The third-order valence-corrected chi connectivity index (χ3v) is 6.24. The average Bonchev–Trinajstić information content (AvgIpc) is 3.22. The van der Waals surface area contributed by atoms with Crippen LogP contribution in [0.3, 0.4) is 0 Å². The Morgan fingerprint density at radius 3 is 2.64 bits per heavy atom. The number of aryl methyl sites for hydroxylation is 1. The lowest BCUT2D eigenvalue weighted by Gasteiger charge is -2.39. The summed E-state index contributed by atoms with van der Waals surface area (Å²) in [6, 6.07) is 18.8. The van der Waals surface area contributed by atoms with Gasteiger partial charge in [0.2, 0.25) is 5.91 Å². The van der Waals surface area contributed by atoms with Crippen LogP contribution in [0.1, 0.15) is 21.7 Å². The average molecular weight is 440 g/mol. The second-order valence-corrected chi connectivity index (χ2v) is 8.53. The number of likely N-dealkylation sites (N-methyl/N-ethyl adjacent to an activating group) is 1. The molecule has 0 aliphatic carbocycles. The van der Waals surface area contributed by atoms with E-state index in [0.29, 0.717) is 25.1 Å². The highest BCUT2D eigenvalue weighted by atomic mass is 16.3. The number of rotatable bonds is 4. The first-order chi connectivity index (χ1) is 16.0. The first-order valence-electron chi connectivity index (χ1n) is 11.0. The van der Waals surface area contributed by atoms with Crippen LogP contribution in [-0.2, 0) is 11.2 Å². The maximum absolute atomic E-state index is 13.5. The molecule has 0 saturated carbocycles. The highest BCUT2D eigenvalue weighted by molar-refractivity contribution is 6.00.